The van der Waals surface area contributed by atoms with Gasteiger partial charge in [0.15, 0.2) is 0 Å². The first-order valence-corrected chi connectivity index (χ1v) is 8.29. The van der Waals surface area contributed by atoms with Crippen LogP contribution >= 0.6 is 11.6 Å². The third-order valence-electron chi connectivity index (χ3n) is 3.70. The van der Waals surface area contributed by atoms with Gasteiger partial charge in [0.1, 0.15) is 12.4 Å². The maximum Gasteiger partial charge on any atom is 0.119 e. The Morgan fingerprint density at radius 2 is 1.87 bits per heavy atom. The smallest absolute Gasteiger partial charge is 0.119 e. The van der Waals surface area contributed by atoms with Gasteiger partial charge in [-0.2, -0.15) is 0 Å². The summed E-state index contributed by atoms with van der Waals surface area (Å²) in [5.41, 5.74) is 7.95. The van der Waals surface area contributed by atoms with E-state index in [4.69, 9.17) is 22.1 Å². The van der Waals surface area contributed by atoms with Crippen LogP contribution in [0.4, 0.5) is 0 Å². The molecule has 0 bridgehead atoms. The van der Waals surface area contributed by atoms with Crippen molar-refractivity contribution in [3.8, 4) is 5.75 Å². The highest BCUT2D eigenvalue weighted by molar-refractivity contribution is 6.31. The molecule has 4 heteroatoms. The van der Waals surface area contributed by atoms with Crippen LogP contribution in [0.3, 0.4) is 0 Å². The van der Waals surface area contributed by atoms with Crippen molar-refractivity contribution in [2.45, 2.75) is 12.3 Å². The first-order valence-electron chi connectivity index (χ1n) is 7.91. The summed E-state index contributed by atoms with van der Waals surface area (Å²) in [5.74, 6) is 1.13. The molecule has 1 unspecified atom stereocenters. The van der Waals surface area contributed by atoms with Gasteiger partial charge in [-0.05, 0) is 49.8 Å². The van der Waals surface area contributed by atoms with E-state index < -0.39 is 0 Å². The molecule has 0 spiro atoms. The summed E-state index contributed by atoms with van der Waals surface area (Å²) in [7, 11) is 4.17. The van der Waals surface area contributed by atoms with E-state index in [1.54, 1.807) is 0 Å². The summed E-state index contributed by atoms with van der Waals surface area (Å²) in [4.78, 5) is 2.19. The number of nitrogens with zero attached hydrogens (tertiary/aromatic N) is 1. The lowest BCUT2D eigenvalue weighted by atomic mass is 9.91. The van der Waals surface area contributed by atoms with Gasteiger partial charge in [0.25, 0.3) is 0 Å². The second-order valence-electron chi connectivity index (χ2n) is 5.97. The Balaban J connectivity index is 2.26. The lowest BCUT2D eigenvalue weighted by Gasteiger charge is -2.23. The number of benzene rings is 2. The highest BCUT2D eigenvalue weighted by atomic mass is 35.5. The molecule has 0 aliphatic heterocycles. The topological polar surface area (TPSA) is 38.5 Å². The van der Waals surface area contributed by atoms with Gasteiger partial charge in [0, 0.05) is 24.0 Å². The predicted octanol–water partition coefficient (Wildman–Crippen LogP) is 3.57. The van der Waals surface area contributed by atoms with E-state index in [1.807, 2.05) is 18.2 Å². The van der Waals surface area contributed by atoms with E-state index in [1.165, 1.54) is 5.56 Å². The van der Waals surface area contributed by atoms with E-state index in [2.05, 4.69) is 49.3 Å². The van der Waals surface area contributed by atoms with E-state index in [9.17, 15) is 0 Å². The molecule has 23 heavy (non-hydrogen) atoms. The Morgan fingerprint density at radius 1 is 1.13 bits per heavy atom. The number of hydrogen-bond donors (Lipinski definition) is 1. The third-order valence-corrected chi connectivity index (χ3v) is 4.05. The van der Waals surface area contributed by atoms with Gasteiger partial charge in [-0.25, -0.2) is 0 Å². The zero-order valence-corrected chi connectivity index (χ0v) is 14.6. The number of ether oxygens (including phenoxy) is 1. The monoisotopic (exact) mass is 332 g/mol. The van der Waals surface area contributed by atoms with Crippen LogP contribution in [0.2, 0.25) is 5.02 Å². The number of halogens is 1. The van der Waals surface area contributed by atoms with Crippen molar-refractivity contribution < 1.29 is 4.74 Å². The average Bonchev–Trinajstić information content (AvgIpc) is 2.54. The summed E-state index contributed by atoms with van der Waals surface area (Å²) in [6, 6.07) is 16.4. The van der Waals surface area contributed by atoms with E-state index >= 15 is 0 Å². The van der Waals surface area contributed by atoms with Crippen molar-refractivity contribution in [3.63, 3.8) is 0 Å². The molecule has 0 fully saturated rings. The summed E-state index contributed by atoms with van der Waals surface area (Å²) in [5, 5.41) is 0.785. The first-order chi connectivity index (χ1) is 11.1. The Hall–Kier alpha value is -1.55. The van der Waals surface area contributed by atoms with Crippen LogP contribution in [0.1, 0.15) is 17.0 Å². The molecule has 2 aromatic carbocycles. The van der Waals surface area contributed by atoms with Gasteiger partial charge in [-0.15, -0.1) is 0 Å². The molecule has 0 amide bonds. The summed E-state index contributed by atoms with van der Waals surface area (Å²) < 4.78 is 5.66. The standard InChI is InChI=1S/C19H25ClN2O/c1-22(2)14-16(12-15-6-4-3-5-7-15)18-13-17(23-11-10-21)8-9-19(18)20/h3-9,13,16H,10-12,14,21H2,1-2H3. The summed E-state index contributed by atoms with van der Waals surface area (Å²) >= 11 is 6.48. The van der Waals surface area contributed by atoms with E-state index in [-0.39, 0.29) is 0 Å². The van der Waals surface area contributed by atoms with Crippen LogP contribution < -0.4 is 10.5 Å². The van der Waals surface area contributed by atoms with E-state index in [0.717, 1.165) is 29.3 Å². The minimum absolute atomic E-state index is 0.307. The predicted molar refractivity (Wildman–Crippen MR) is 97.4 cm³/mol. The molecule has 0 aliphatic carbocycles. The molecule has 0 aliphatic rings. The molecule has 0 saturated carbocycles. The largest absolute Gasteiger partial charge is 0.492 e. The minimum Gasteiger partial charge on any atom is -0.492 e. The van der Waals surface area contributed by atoms with Crippen LogP contribution in [0, 0.1) is 0 Å². The molecule has 2 N–H and O–H groups in total. The zero-order valence-electron chi connectivity index (χ0n) is 13.8. The van der Waals surface area contributed by atoms with Gasteiger partial charge in [-0.3, -0.25) is 0 Å². The number of likely N-dealkylation sites (N-methyl/N-ethyl adjacent to an activating group) is 1. The highest BCUT2D eigenvalue weighted by Crippen LogP contribution is 2.31. The molecular weight excluding hydrogens is 308 g/mol. The molecule has 124 valence electrons. The normalized spacial score (nSPS) is 12.4. The van der Waals surface area contributed by atoms with Crippen LogP contribution in [0.25, 0.3) is 0 Å². The number of rotatable bonds is 8. The Morgan fingerprint density at radius 3 is 2.52 bits per heavy atom. The van der Waals surface area contributed by atoms with Crippen LogP contribution in [-0.4, -0.2) is 38.7 Å². The SMILES string of the molecule is CN(C)CC(Cc1ccccc1)c1cc(OCCN)ccc1Cl. The Kier molecular flexibility index (Phi) is 6.90. The molecule has 0 saturated heterocycles. The van der Waals surface area contributed by atoms with E-state index in [0.29, 0.717) is 19.1 Å². The number of hydrogen-bond acceptors (Lipinski definition) is 3. The van der Waals surface area contributed by atoms with Gasteiger partial charge >= 0.3 is 0 Å². The fraction of sp³-hybridized carbons (Fsp3) is 0.368. The van der Waals surface area contributed by atoms with Crippen molar-refractivity contribution >= 4 is 11.6 Å². The second-order valence-corrected chi connectivity index (χ2v) is 6.38. The highest BCUT2D eigenvalue weighted by Gasteiger charge is 2.17. The quantitative estimate of drug-likeness (QED) is 0.803. The third kappa shape index (κ3) is 5.54. The van der Waals surface area contributed by atoms with Gasteiger partial charge < -0.3 is 15.4 Å². The molecule has 2 rings (SSSR count). The molecular formula is C19H25ClN2O. The maximum absolute atomic E-state index is 6.48. The fourth-order valence-electron chi connectivity index (χ4n) is 2.71. The molecule has 0 heterocycles. The average molecular weight is 333 g/mol. The van der Waals surface area contributed by atoms with Crippen molar-refractivity contribution in [1.82, 2.24) is 4.90 Å². The summed E-state index contributed by atoms with van der Waals surface area (Å²) in [6.07, 6.45) is 0.944. The van der Waals surface area contributed by atoms with Crippen LogP contribution in [-0.2, 0) is 6.42 Å². The van der Waals surface area contributed by atoms with Crippen LogP contribution in [0.5, 0.6) is 5.75 Å². The fourth-order valence-corrected chi connectivity index (χ4v) is 2.99. The van der Waals surface area contributed by atoms with Crippen molar-refractivity contribution in [1.29, 1.82) is 0 Å². The molecule has 2 aromatic rings. The van der Waals surface area contributed by atoms with Crippen molar-refractivity contribution in [3.05, 3.63) is 64.7 Å². The van der Waals surface area contributed by atoms with Gasteiger partial charge in [0.05, 0.1) is 0 Å². The Labute approximate surface area is 144 Å². The first kappa shape index (κ1) is 17.8. The molecule has 0 aromatic heterocycles. The zero-order chi connectivity index (χ0) is 16.7. The second kappa shape index (κ2) is 8.92. The van der Waals surface area contributed by atoms with Crippen LogP contribution in [0.15, 0.2) is 48.5 Å². The lowest BCUT2D eigenvalue weighted by molar-refractivity contribution is 0.326. The summed E-state index contributed by atoms with van der Waals surface area (Å²) in [6.45, 7) is 1.94. The van der Waals surface area contributed by atoms with Gasteiger partial charge in [-0.1, -0.05) is 41.9 Å². The molecule has 3 nitrogen and oxygen atoms in total. The molecule has 1 atom stereocenters. The van der Waals surface area contributed by atoms with Crippen molar-refractivity contribution in [2.75, 3.05) is 33.8 Å². The lowest BCUT2D eigenvalue weighted by Crippen LogP contribution is -2.22. The maximum atomic E-state index is 6.48. The number of nitrogens with two attached hydrogens (primary N) is 1. The molecule has 0 radical (unpaired) electrons. The van der Waals surface area contributed by atoms with Gasteiger partial charge in [0.2, 0.25) is 0 Å². The van der Waals surface area contributed by atoms with Crippen molar-refractivity contribution in [2.24, 2.45) is 5.73 Å². The minimum atomic E-state index is 0.307. The Bertz CT molecular complexity index is 602.